The van der Waals surface area contributed by atoms with E-state index in [1.54, 1.807) is 0 Å². The third kappa shape index (κ3) is 3.93. The summed E-state index contributed by atoms with van der Waals surface area (Å²) in [7, 11) is 1.91. The van der Waals surface area contributed by atoms with Gasteiger partial charge in [-0.1, -0.05) is 0 Å². The van der Waals surface area contributed by atoms with Crippen molar-refractivity contribution in [2.45, 2.75) is 38.2 Å². The SMILES string of the molecule is O=S(=O)(Cl)CC(COC1CCC1)C1CC1. The summed E-state index contributed by atoms with van der Waals surface area (Å²) < 4.78 is 27.7. The summed E-state index contributed by atoms with van der Waals surface area (Å²) in [4.78, 5) is 0. The van der Waals surface area contributed by atoms with Crippen molar-refractivity contribution in [3.63, 3.8) is 0 Å². The highest BCUT2D eigenvalue weighted by Gasteiger charge is 2.35. The highest BCUT2D eigenvalue weighted by atomic mass is 35.7. The third-order valence-corrected chi connectivity index (χ3v) is 4.50. The fraction of sp³-hybridized carbons (Fsp3) is 1.00. The van der Waals surface area contributed by atoms with Crippen molar-refractivity contribution in [3.05, 3.63) is 0 Å². The van der Waals surface area contributed by atoms with Crippen molar-refractivity contribution in [1.82, 2.24) is 0 Å². The molecule has 0 radical (unpaired) electrons. The second-order valence-corrected chi connectivity index (χ2v) is 7.51. The summed E-state index contributed by atoms with van der Waals surface area (Å²) in [6, 6.07) is 0. The van der Waals surface area contributed by atoms with Crippen LogP contribution < -0.4 is 0 Å². The number of halogens is 1. The first-order valence-electron chi connectivity index (χ1n) is 5.58. The average molecular weight is 253 g/mol. The van der Waals surface area contributed by atoms with Gasteiger partial charge in [-0.2, -0.15) is 0 Å². The molecule has 15 heavy (non-hydrogen) atoms. The molecule has 0 aliphatic heterocycles. The van der Waals surface area contributed by atoms with Crippen LogP contribution in [0.25, 0.3) is 0 Å². The fourth-order valence-corrected chi connectivity index (χ4v) is 3.31. The van der Waals surface area contributed by atoms with Crippen LogP contribution in [0, 0.1) is 11.8 Å². The van der Waals surface area contributed by atoms with E-state index in [0.29, 0.717) is 18.6 Å². The smallest absolute Gasteiger partial charge is 0.232 e. The monoisotopic (exact) mass is 252 g/mol. The molecule has 1 atom stereocenters. The lowest BCUT2D eigenvalue weighted by molar-refractivity contribution is -0.0156. The number of ether oxygens (including phenoxy) is 1. The van der Waals surface area contributed by atoms with Gasteiger partial charge in [0, 0.05) is 16.6 Å². The molecule has 2 aliphatic carbocycles. The number of rotatable bonds is 6. The van der Waals surface area contributed by atoms with Crippen LogP contribution in [-0.4, -0.2) is 26.9 Å². The second-order valence-electron chi connectivity index (χ2n) is 4.69. The molecule has 5 heteroatoms. The lowest BCUT2D eigenvalue weighted by Crippen LogP contribution is -2.27. The van der Waals surface area contributed by atoms with Gasteiger partial charge in [0.15, 0.2) is 0 Å². The lowest BCUT2D eigenvalue weighted by atomic mass is 9.96. The van der Waals surface area contributed by atoms with E-state index >= 15 is 0 Å². The first-order valence-corrected chi connectivity index (χ1v) is 8.06. The zero-order chi connectivity index (χ0) is 10.9. The zero-order valence-electron chi connectivity index (χ0n) is 8.69. The molecule has 0 heterocycles. The van der Waals surface area contributed by atoms with E-state index in [4.69, 9.17) is 15.4 Å². The highest BCUT2D eigenvalue weighted by molar-refractivity contribution is 8.13. The first-order chi connectivity index (χ1) is 7.04. The predicted octanol–water partition coefficient (Wildman–Crippen LogP) is 2.15. The van der Waals surface area contributed by atoms with Gasteiger partial charge < -0.3 is 4.74 Å². The topological polar surface area (TPSA) is 43.4 Å². The van der Waals surface area contributed by atoms with Gasteiger partial charge in [0.05, 0.1) is 18.5 Å². The minimum Gasteiger partial charge on any atom is -0.378 e. The Labute approximate surface area is 95.6 Å². The fourth-order valence-electron chi connectivity index (χ4n) is 1.94. The van der Waals surface area contributed by atoms with Crippen LogP contribution in [-0.2, 0) is 13.8 Å². The van der Waals surface area contributed by atoms with Crippen molar-refractivity contribution in [2.24, 2.45) is 11.8 Å². The quantitative estimate of drug-likeness (QED) is 0.681. The van der Waals surface area contributed by atoms with Crippen molar-refractivity contribution in [3.8, 4) is 0 Å². The molecule has 0 spiro atoms. The molecule has 3 nitrogen and oxygen atoms in total. The molecule has 0 bridgehead atoms. The van der Waals surface area contributed by atoms with Crippen LogP contribution in [0.4, 0.5) is 0 Å². The van der Waals surface area contributed by atoms with E-state index < -0.39 is 9.05 Å². The van der Waals surface area contributed by atoms with E-state index in [1.165, 1.54) is 6.42 Å². The van der Waals surface area contributed by atoms with Crippen LogP contribution in [0.2, 0.25) is 0 Å². The van der Waals surface area contributed by atoms with Gasteiger partial charge in [-0.15, -0.1) is 0 Å². The molecular weight excluding hydrogens is 236 g/mol. The Morgan fingerprint density at radius 1 is 1.27 bits per heavy atom. The van der Waals surface area contributed by atoms with Crippen LogP contribution in [0.5, 0.6) is 0 Å². The summed E-state index contributed by atoms with van der Waals surface area (Å²) in [6.07, 6.45) is 6.14. The van der Waals surface area contributed by atoms with Crippen LogP contribution >= 0.6 is 10.7 Å². The molecule has 1 unspecified atom stereocenters. The van der Waals surface area contributed by atoms with E-state index in [0.717, 1.165) is 25.7 Å². The highest BCUT2D eigenvalue weighted by Crippen LogP contribution is 2.38. The minimum absolute atomic E-state index is 0.0753. The zero-order valence-corrected chi connectivity index (χ0v) is 10.3. The normalized spacial score (nSPS) is 24.9. The summed E-state index contributed by atoms with van der Waals surface area (Å²) in [5.41, 5.74) is 0. The Morgan fingerprint density at radius 2 is 1.93 bits per heavy atom. The lowest BCUT2D eigenvalue weighted by Gasteiger charge is -2.27. The maximum absolute atomic E-state index is 11.0. The molecule has 0 aromatic rings. The maximum Gasteiger partial charge on any atom is 0.232 e. The molecule has 0 aromatic carbocycles. The molecule has 2 fully saturated rings. The van der Waals surface area contributed by atoms with Gasteiger partial charge in [0.1, 0.15) is 0 Å². The minimum atomic E-state index is -3.37. The molecule has 0 amide bonds. The van der Waals surface area contributed by atoms with E-state index in [-0.39, 0.29) is 11.7 Å². The Balaban J connectivity index is 1.77. The molecule has 2 aliphatic rings. The van der Waals surface area contributed by atoms with Gasteiger partial charge in [-0.05, 0) is 38.0 Å². The standard InChI is InChI=1S/C10H17ClO3S/c11-15(12,13)7-9(8-4-5-8)6-14-10-2-1-3-10/h8-10H,1-7H2. The van der Waals surface area contributed by atoms with Gasteiger partial charge in [-0.3, -0.25) is 0 Å². The molecule has 0 N–H and O–H groups in total. The molecule has 2 rings (SSSR count). The van der Waals surface area contributed by atoms with Crippen molar-refractivity contribution < 1.29 is 13.2 Å². The van der Waals surface area contributed by atoms with Crippen LogP contribution in [0.1, 0.15) is 32.1 Å². The van der Waals surface area contributed by atoms with Gasteiger partial charge >= 0.3 is 0 Å². The van der Waals surface area contributed by atoms with Crippen molar-refractivity contribution >= 4 is 19.7 Å². The average Bonchev–Trinajstić information content (AvgIpc) is 2.78. The predicted molar refractivity (Wildman–Crippen MR) is 59.4 cm³/mol. The van der Waals surface area contributed by atoms with Crippen molar-refractivity contribution in [1.29, 1.82) is 0 Å². The second kappa shape index (κ2) is 4.60. The molecular formula is C10H17ClO3S. The van der Waals surface area contributed by atoms with Gasteiger partial charge in [0.25, 0.3) is 0 Å². The number of hydrogen-bond acceptors (Lipinski definition) is 3. The maximum atomic E-state index is 11.0. The Hall–Kier alpha value is 0.200. The largest absolute Gasteiger partial charge is 0.378 e. The van der Waals surface area contributed by atoms with Gasteiger partial charge in [-0.25, -0.2) is 8.42 Å². The summed E-state index contributed by atoms with van der Waals surface area (Å²) in [5.74, 6) is 0.720. The van der Waals surface area contributed by atoms with Gasteiger partial charge in [0.2, 0.25) is 9.05 Å². The summed E-state index contributed by atoms with van der Waals surface area (Å²) >= 11 is 0. The Morgan fingerprint density at radius 3 is 2.33 bits per heavy atom. The molecule has 2 saturated carbocycles. The van der Waals surface area contributed by atoms with Crippen LogP contribution in [0.15, 0.2) is 0 Å². The third-order valence-electron chi connectivity index (χ3n) is 3.30. The summed E-state index contributed by atoms with van der Waals surface area (Å²) in [6.45, 7) is 0.571. The van der Waals surface area contributed by atoms with Crippen molar-refractivity contribution in [2.75, 3.05) is 12.4 Å². The van der Waals surface area contributed by atoms with E-state index in [9.17, 15) is 8.42 Å². The van der Waals surface area contributed by atoms with E-state index in [2.05, 4.69) is 0 Å². The first kappa shape index (κ1) is 11.7. The Kier molecular flexibility index (Phi) is 3.58. The summed E-state index contributed by atoms with van der Waals surface area (Å²) in [5, 5.41) is 0. The number of hydrogen-bond donors (Lipinski definition) is 0. The Bertz CT molecular complexity index is 307. The molecule has 88 valence electrons. The van der Waals surface area contributed by atoms with E-state index in [1.807, 2.05) is 0 Å². The molecule has 0 saturated heterocycles. The molecule has 0 aromatic heterocycles. The van der Waals surface area contributed by atoms with Crippen LogP contribution in [0.3, 0.4) is 0 Å².